The summed E-state index contributed by atoms with van der Waals surface area (Å²) in [6.07, 6.45) is 0. The standard InChI is InChI=1S/C8H7F3/c1-5-2-6(4-9)8(11)7(10)3-5/h2-3H,4H2,1H3. The van der Waals surface area contributed by atoms with E-state index >= 15 is 0 Å². The van der Waals surface area contributed by atoms with Gasteiger partial charge in [0.1, 0.15) is 6.67 Å². The van der Waals surface area contributed by atoms with Gasteiger partial charge >= 0.3 is 0 Å². The van der Waals surface area contributed by atoms with E-state index < -0.39 is 18.3 Å². The van der Waals surface area contributed by atoms with Gasteiger partial charge in [-0.15, -0.1) is 0 Å². The predicted molar refractivity (Wildman–Crippen MR) is 35.9 cm³/mol. The monoisotopic (exact) mass is 160 g/mol. The van der Waals surface area contributed by atoms with Gasteiger partial charge in [-0.25, -0.2) is 13.2 Å². The first-order valence-electron chi connectivity index (χ1n) is 3.15. The second kappa shape index (κ2) is 2.95. The third-order valence-corrected chi connectivity index (χ3v) is 1.39. The van der Waals surface area contributed by atoms with Crippen molar-refractivity contribution in [3.05, 3.63) is 34.9 Å². The largest absolute Gasteiger partial charge is 0.246 e. The van der Waals surface area contributed by atoms with E-state index in [1.165, 1.54) is 6.07 Å². The Hall–Kier alpha value is -0.990. The Morgan fingerprint density at radius 1 is 1.27 bits per heavy atom. The average molecular weight is 160 g/mol. The molecular weight excluding hydrogens is 153 g/mol. The van der Waals surface area contributed by atoms with Crippen molar-refractivity contribution in [1.29, 1.82) is 0 Å². The van der Waals surface area contributed by atoms with Crippen LogP contribution in [-0.4, -0.2) is 0 Å². The van der Waals surface area contributed by atoms with Gasteiger partial charge in [-0.1, -0.05) is 6.07 Å². The minimum Gasteiger partial charge on any atom is -0.246 e. The van der Waals surface area contributed by atoms with E-state index in [9.17, 15) is 13.2 Å². The fraction of sp³-hybridized carbons (Fsp3) is 0.250. The molecule has 0 saturated heterocycles. The highest BCUT2D eigenvalue weighted by atomic mass is 19.2. The van der Waals surface area contributed by atoms with E-state index in [0.717, 1.165) is 6.07 Å². The highest BCUT2D eigenvalue weighted by molar-refractivity contribution is 5.24. The van der Waals surface area contributed by atoms with Gasteiger partial charge in [-0.3, -0.25) is 0 Å². The van der Waals surface area contributed by atoms with Crippen LogP contribution < -0.4 is 0 Å². The van der Waals surface area contributed by atoms with Crippen LogP contribution in [0.3, 0.4) is 0 Å². The van der Waals surface area contributed by atoms with Gasteiger partial charge in [0.15, 0.2) is 11.6 Å². The summed E-state index contributed by atoms with van der Waals surface area (Å²) < 4.78 is 37.0. The maximum Gasteiger partial charge on any atom is 0.164 e. The molecule has 3 heteroatoms. The molecule has 1 aromatic carbocycles. The third kappa shape index (κ3) is 1.53. The van der Waals surface area contributed by atoms with Crippen LogP contribution in [0.1, 0.15) is 11.1 Å². The Bertz CT molecular complexity index is 268. The van der Waals surface area contributed by atoms with Crippen molar-refractivity contribution < 1.29 is 13.2 Å². The molecule has 0 atom stereocenters. The number of alkyl halides is 1. The molecule has 60 valence electrons. The van der Waals surface area contributed by atoms with Gasteiger partial charge in [0.25, 0.3) is 0 Å². The molecule has 0 aliphatic rings. The molecule has 1 rings (SSSR count). The van der Waals surface area contributed by atoms with Crippen molar-refractivity contribution in [2.45, 2.75) is 13.6 Å². The van der Waals surface area contributed by atoms with E-state index in [1.807, 2.05) is 0 Å². The summed E-state index contributed by atoms with van der Waals surface area (Å²) in [6, 6.07) is 2.33. The lowest BCUT2D eigenvalue weighted by Crippen LogP contribution is -1.92. The minimum atomic E-state index is -1.09. The van der Waals surface area contributed by atoms with Crippen molar-refractivity contribution in [2.24, 2.45) is 0 Å². The number of aryl methyl sites for hydroxylation is 1. The van der Waals surface area contributed by atoms with E-state index in [2.05, 4.69) is 0 Å². The Kier molecular flexibility index (Phi) is 2.17. The molecule has 0 aromatic heterocycles. The van der Waals surface area contributed by atoms with Crippen molar-refractivity contribution in [2.75, 3.05) is 0 Å². The molecule has 0 spiro atoms. The van der Waals surface area contributed by atoms with Crippen LogP contribution in [0.2, 0.25) is 0 Å². The highest BCUT2D eigenvalue weighted by Crippen LogP contribution is 2.15. The number of hydrogen-bond donors (Lipinski definition) is 0. The maximum absolute atomic E-state index is 12.6. The molecular formula is C8H7F3. The Labute approximate surface area is 62.7 Å². The lowest BCUT2D eigenvalue weighted by Gasteiger charge is -2.00. The van der Waals surface area contributed by atoms with Crippen molar-refractivity contribution in [3.63, 3.8) is 0 Å². The summed E-state index contributed by atoms with van der Waals surface area (Å²) in [4.78, 5) is 0. The SMILES string of the molecule is Cc1cc(F)c(F)c(CF)c1. The fourth-order valence-corrected chi connectivity index (χ4v) is 0.894. The molecule has 0 nitrogen and oxygen atoms in total. The molecule has 0 radical (unpaired) electrons. The normalized spacial score (nSPS) is 10.2. The lowest BCUT2D eigenvalue weighted by atomic mass is 10.1. The van der Waals surface area contributed by atoms with E-state index in [0.29, 0.717) is 5.56 Å². The van der Waals surface area contributed by atoms with Crippen LogP contribution >= 0.6 is 0 Å². The summed E-state index contributed by atoms with van der Waals surface area (Å²) in [7, 11) is 0. The smallest absolute Gasteiger partial charge is 0.164 e. The van der Waals surface area contributed by atoms with Gasteiger partial charge in [0.2, 0.25) is 0 Å². The van der Waals surface area contributed by atoms with Crippen LogP contribution in [0.4, 0.5) is 13.2 Å². The molecule has 0 heterocycles. The van der Waals surface area contributed by atoms with Gasteiger partial charge in [-0.05, 0) is 18.6 Å². The zero-order chi connectivity index (χ0) is 8.43. The van der Waals surface area contributed by atoms with Crippen LogP contribution in [0, 0.1) is 18.6 Å². The Morgan fingerprint density at radius 3 is 2.45 bits per heavy atom. The lowest BCUT2D eigenvalue weighted by molar-refractivity contribution is 0.440. The summed E-state index contributed by atoms with van der Waals surface area (Å²) in [5.74, 6) is -2.07. The van der Waals surface area contributed by atoms with Crippen molar-refractivity contribution in [1.82, 2.24) is 0 Å². The van der Waals surface area contributed by atoms with Gasteiger partial charge in [-0.2, -0.15) is 0 Å². The van der Waals surface area contributed by atoms with Crippen LogP contribution in [-0.2, 0) is 6.67 Å². The predicted octanol–water partition coefficient (Wildman–Crippen LogP) is 2.74. The molecule has 1 aromatic rings. The molecule has 0 N–H and O–H groups in total. The quantitative estimate of drug-likeness (QED) is 0.592. The second-order valence-electron chi connectivity index (χ2n) is 2.35. The number of rotatable bonds is 1. The first kappa shape index (κ1) is 8.11. The Balaban J connectivity index is 3.24. The average Bonchev–Trinajstić information content (AvgIpc) is 1.96. The summed E-state index contributed by atoms with van der Waals surface area (Å²) in [6.45, 7) is 0.617. The summed E-state index contributed by atoms with van der Waals surface area (Å²) in [5, 5.41) is 0. The summed E-state index contributed by atoms with van der Waals surface area (Å²) in [5.41, 5.74) is 0.305. The Morgan fingerprint density at radius 2 is 1.91 bits per heavy atom. The molecule has 0 saturated carbocycles. The van der Waals surface area contributed by atoms with E-state index in [-0.39, 0.29) is 5.56 Å². The molecule has 0 amide bonds. The number of halogens is 3. The number of benzene rings is 1. The van der Waals surface area contributed by atoms with Gasteiger partial charge in [0.05, 0.1) is 0 Å². The molecule has 0 bridgehead atoms. The summed E-state index contributed by atoms with van der Waals surface area (Å²) >= 11 is 0. The van der Waals surface area contributed by atoms with Crippen LogP contribution in [0.25, 0.3) is 0 Å². The van der Waals surface area contributed by atoms with E-state index in [4.69, 9.17) is 0 Å². The highest BCUT2D eigenvalue weighted by Gasteiger charge is 2.07. The topological polar surface area (TPSA) is 0 Å². The second-order valence-corrected chi connectivity index (χ2v) is 2.35. The van der Waals surface area contributed by atoms with Crippen LogP contribution in [0.15, 0.2) is 12.1 Å². The molecule has 0 aliphatic carbocycles. The van der Waals surface area contributed by atoms with Crippen molar-refractivity contribution >= 4 is 0 Å². The minimum absolute atomic E-state index is 0.220. The fourth-order valence-electron chi connectivity index (χ4n) is 0.894. The zero-order valence-corrected chi connectivity index (χ0v) is 6.00. The van der Waals surface area contributed by atoms with Crippen molar-refractivity contribution in [3.8, 4) is 0 Å². The third-order valence-electron chi connectivity index (χ3n) is 1.39. The van der Waals surface area contributed by atoms with Crippen LogP contribution in [0.5, 0.6) is 0 Å². The van der Waals surface area contributed by atoms with Gasteiger partial charge < -0.3 is 0 Å². The molecule has 0 fully saturated rings. The van der Waals surface area contributed by atoms with E-state index in [1.54, 1.807) is 6.92 Å². The molecule has 0 aliphatic heterocycles. The zero-order valence-electron chi connectivity index (χ0n) is 6.00. The molecule has 11 heavy (non-hydrogen) atoms. The first-order chi connectivity index (χ1) is 5.15. The molecule has 0 unspecified atom stereocenters. The maximum atomic E-state index is 12.6. The first-order valence-corrected chi connectivity index (χ1v) is 3.15. The number of hydrogen-bond acceptors (Lipinski definition) is 0. The van der Waals surface area contributed by atoms with Gasteiger partial charge in [0, 0.05) is 5.56 Å².